The number of benzene rings is 1. The van der Waals surface area contributed by atoms with Gasteiger partial charge in [-0.3, -0.25) is 0 Å². The third kappa shape index (κ3) is 5.10. The average Bonchev–Trinajstić information content (AvgIpc) is 3.02. The third-order valence-electron chi connectivity index (χ3n) is 3.59. The summed E-state index contributed by atoms with van der Waals surface area (Å²) in [5.74, 6) is 0.536. The second-order valence-corrected chi connectivity index (χ2v) is 5.45. The molecule has 1 atom stereocenters. The minimum absolute atomic E-state index is 0.0274. The maximum Gasteiger partial charge on any atom is 0.315 e. The Kier molecular flexibility index (Phi) is 6.17. The molecule has 1 unspecified atom stereocenters. The van der Waals surface area contributed by atoms with Crippen molar-refractivity contribution >= 4 is 6.03 Å². The molecule has 0 aliphatic rings. The summed E-state index contributed by atoms with van der Waals surface area (Å²) in [6.07, 6.45) is 2.86. The number of hydrogen-bond donors (Lipinski definition) is 3. The quantitative estimate of drug-likeness (QED) is 0.732. The smallest absolute Gasteiger partial charge is 0.315 e. The Hall–Kier alpha value is -2.34. The third-order valence-corrected chi connectivity index (χ3v) is 3.59. The number of amides is 2. The van der Waals surface area contributed by atoms with E-state index in [0.717, 1.165) is 12.0 Å². The van der Waals surface area contributed by atoms with Gasteiger partial charge in [0, 0.05) is 18.2 Å². The Morgan fingerprint density at radius 3 is 2.74 bits per heavy atom. The van der Waals surface area contributed by atoms with Gasteiger partial charge in [-0.05, 0) is 31.9 Å². The van der Waals surface area contributed by atoms with Crippen LogP contribution in [-0.4, -0.2) is 28.8 Å². The summed E-state index contributed by atoms with van der Waals surface area (Å²) in [7, 11) is 0. The Labute approximate surface area is 135 Å². The average molecular weight is 317 g/mol. The topological polar surface area (TPSA) is 87.4 Å². The standard InChI is InChI=1S/C17H23N3O3/c1-3-14(8-9-21)20-17(22)18-10-15-11-23-16(19-15)13-6-4-12(2)5-7-13/h4-7,11,14,21H,3,8-10H2,1-2H3,(H2,18,20,22). The number of aliphatic hydroxyl groups is 1. The van der Waals surface area contributed by atoms with Gasteiger partial charge in [0.1, 0.15) is 6.26 Å². The van der Waals surface area contributed by atoms with Crippen LogP contribution in [0.15, 0.2) is 34.9 Å². The van der Waals surface area contributed by atoms with Crippen molar-refractivity contribution in [3.05, 3.63) is 41.8 Å². The van der Waals surface area contributed by atoms with Crippen LogP contribution in [0.4, 0.5) is 4.79 Å². The molecule has 0 fully saturated rings. The Morgan fingerprint density at radius 1 is 1.35 bits per heavy atom. The van der Waals surface area contributed by atoms with Crippen LogP contribution in [0.3, 0.4) is 0 Å². The molecule has 3 N–H and O–H groups in total. The van der Waals surface area contributed by atoms with Crippen molar-refractivity contribution < 1.29 is 14.3 Å². The first kappa shape index (κ1) is 17.0. The van der Waals surface area contributed by atoms with E-state index < -0.39 is 0 Å². The molecule has 0 aliphatic carbocycles. The van der Waals surface area contributed by atoms with Crippen molar-refractivity contribution in [1.29, 1.82) is 0 Å². The summed E-state index contributed by atoms with van der Waals surface area (Å²) in [5, 5.41) is 14.5. The van der Waals surface area contributed by atoms with Crippen LogP contribution >= 0.6 is 0 Å². The molecule has 2 rings (SSSR count). The maximum atomic E-state index is 11.8. The zero-order chi connectivity index (χ0) is 16.7. The van der Waals surface area contributed by atoms with Gasteiger partial charge in [-0.1, -0.05) is 24.6 Å². The molecule has 1 aromatic heterocycles. The van der Waals surface area contributed by atoms with Crippen molar-refractivity contribution in [1.82, 2.24) is 15.6 Å². The molecular formula is C17H23N3O3. The molecule has 1 aromatic carbocycles. The molecule has 0 aliphatic heterocycles. The highest BCUT2D eigenvalue weighted by Gasteiger charge is 2.11. The maximum absolute atomic E-state index is 11.8. The van der Waals surface area contributed by atoms with Crippen LogP contribution in [0.25, 0.3) is 11.5 Å². The summed E-state index contributed by atoms with van der Waals surface area (Å²) < 4.78 is 5.45. The number of aromatic nitrogens is 1. The normalized spacial score (nSPS) is 12.0. The van der Waals surface area contributed by atoms with Gasteiger partial charge in [0.25, 0.3) is 0 Å². The van der Waals surface area contributed by atoms with Crippen LogP contribution in [-0.2, 0) is 6.54 Å². The highest BCUT2D eigenvalue weighted by Crippen LogP contribution is 2.18. The number of rotatable bonds is 7. The Balaban J connectivity index is 1.87. The fraction of sp³-hybridized carbons (Fsp3) is 0.412. The Morgan fingerprint density at radius 2 is 2.09 bits per heavy atom. The number of aryl methyl sites for hydroxylation is 1. The molecule has 23 heavy (non-hydrogen) atoms. The molecular weight excluding hydrogens is 294 g/mol. The summed E-state index contributed by atoms with van der Waals surface area (Å²) in [4.78, 5) is 16.2. The number of nitrogens with zero attached hydrogens (tertiary/aromatic N) is 1. The minimum atomic E-state index is -0.273. The van der Waals surface area contributed by atoms with E-state index in [9.17, 15) is 4.79 Å². The summed E-state index contributed by atoms with van der Waals surface area (Å²) in [6.45, 7) is 4.33. The van der Waals surface area contributed by atoms with Crippen molar-refractivity contribution in [3.8, 4) is 11.5 Å². The van der Waals surface area contributed by atoms with Gasteiger partial charge >= 0.3 is 6.03 Å². The highest BCUT2D eigenvalue weighted by atomic mass is 16.3. The van der Waals surface area contributed by atoms with Crippen LogP contribution < -0.4 is 10.6 Å². The van der Waals surface area contributed by atoms with E-state index in [0.29, 0.717) is 18.0 Å². The van der Waals surface area contributed by atoms with E-state index in [1.165, 1.54) is 5.56 Å². The minimum Gasteiger partial charge on any atom is -0.444 e. The van der Waals surface area contributed by atoms with Crippen molar-refractivity contribution in [3.63, 3.8) is 0 Å². The van der Waals surface area contributed by atoms with E-state index in [1.54, 1.807) is 6.26 Å². The van der Waals surface area contributed by atoms with Crippen LogP contribution in [0.1, 0.15) is 31.0 Å². The van der Waals surface area contributed by atoms with Crippen molar-refractivity contribution in [2.45, 2.75) is 39.3 Å². The van der Waals surface area contributed by atoms with Crippen molar-refractivity contribution in [2.24, 2.45) is 0 Å². The van der Waals surface area contributed by atoms with Gasteiger partial charge in [-0.25, -0.2) is 9.78 Å². The Bertz CT molecular complexity index is 622. The molecule has 6 nitrogen and oxygen atoms in total. The zero-order valence-corrected chi connectivity index (χ0v) is 13.5. The molecule has 6 heteroatoms. The molecule has 0 saturated heterocycles. The van der Waals surface area contributed by atoms with Crippen molar-refractivity contribution in [2.75, 3.05) is 6.61 Å². The van der Waals surface area contributed by atoms with E-state index in [1.807, 2.05) is 38.1 Å². The van der Waals surface area contributed by atoms with Gasteiger partial charge in [-0.2, -0.15) is 0 Å². The first-order chi connectivity index (χ1) is 11.1. The summed E-state index contributed by atoms with van der Waals surface area (Å²) in [6, 6.07) is 7.59. The molecule has 124 valence electrons. The van der Waals surface area contributed by atoms with E-state index in [4.69, 9.17) is 9.52 Å². The van der Waals surface area contributed by atoms with Gasteiger partial charge in [0.2, 0.25) is 5.89 Å². The summed E-state index contributed by atoms with van der Waals surface area (Å²) in [5.41, 5.74) is 2.73. The number of oxazole rings is 1. The lowest BCUT2D eigenvalue weighted by Gasteiger charge is -2.15. The number of urea groups is 1. The lowest BCUT2D eigenvalue weighted by atomic mass is 10.1. The van der Waals surface area contributed by atoms with E-state index >= 15 is 0 Å². The SMILES string of the molecule is CCC(CCO)NC(=O)NCc1coc(-c2ccc(C)cc2)n1. The van der Waals surface area contributed by atoms with Crippen LogP contribution in [0, 0.1) is 6.92 Å². The zero-order valence-electron chi connectivity index (χ0n) is 13.5. The van der Waals surface area contributed by atoms with Crippen LogP contribution in [0.5, 0.6) is 0 Å². The number of hydrogen-bond acceptors (Lipinski definition) is 4. The lowest BCUT2D eigenvalue weighted by molar-refractivity contribution is 0.227. The fourth-order valence-corrected chi connectivity index (χ4v) is 2.16. The number of carbonyl (C=O) groups excluding carboxylic acids is 1. The van der Waals surface area contributed by atoms with Gasteiger partial charge < -0.3 is 20.2 Å². The second kappa shape index (κ2) is 8.33. The van der Waals surface area contributed by atoms with Crippen LogP contribution in [0.2, 0.25) is 0 Å². The molecule has 1 heterocycles. The molecule has 2 aromatic rings. The molecule has 0 spiro atoms. The fourth-order valence-electron chi connectivity index (χ4n) is 2.16. The molecule has 0 radical (unpaired) electrons. The van der Waals surface area contributed by atoms with E-state index in [2.05, 4.69) is 15.6 Å². The molecule has 0 bridgehead atoms. The second-order valence-electron chi connectivity index (χ2n) is 5.45. The number of nitrogens with one attached hydrogen (secondary N) is 2. The predicted molar refractivity (Wildman–Crippen MR) is 87.8 cm³/mol. The van der Waals surface area contributed by atoms with Gasteiger partial charge in [0.15, 0.2) is 0 Å². The first-order valence-corrected chi connectivity index (χ1v) is 7.79. The van der Waals surface area contributed by atoms with E-state index in [-0.39, 0.29) is 25.2 Å². The largest absolute Gasteiger partial charge is 0.444 e. The lowest BCUT2D eigenvalue weighted by Crippen LogP contribution is -2.41. The molecule has 0 saturated carbocycles. The predicted octanol–water partition coefficient (Wildman–Crippen LogP) is 2.61. The van der Waals surface area contributed by atoms with Gasteiger partial charge in [-0.15, -0.1) is 0 Å². The highest BCUT2D eigenvalue weighted by molar-refractivity contribution is 5.74. The monoisotopic (exact) mass is 317 g/mol. The first-order valence-electron chi connectivity index (χ1n) is 7.79. The van der Waals surface area contributed by atoms with Gasteiger partial charge in [0.05, 0.1) is 12.2 Å². The number of carbonyl (C=O) groups is 1. The molecule has 2 amide bonds. The number of aliphatic hydroxyl groups excluding tert-OH is 1. The summed E-state index contributed by atoms with van der Waals surface area (Å²) >= 11 is 0.